The summed E-state index contributed by atoms with van der Waals surface area (Å²) in [7, 11) is -2.40. The molecule has 5 aromatic carbocycles. The lowest BCUT2D eigenvalue weighted by atomic mass is 9.82. The Balaban J connectivity index is 1.28. The van der Waals surface area contributed by atoms with Gasteiger partial charge in [0.05, 0.1) is 71.2 Å². The molecule has 0 bridgehead atoms. The predicted octanol–water partition coefficient (Wildman–Crippen LogP) is 1.51. The van der Waals surface area contributed by atoms with Gasteiger partial charge in [-0.25, -0.2) is 9.59 Å². The molecule has 23 nitrogen and oxygen atoms in total. The first-order chi connectivity index (χ1) is 35.8. The van der Waals surface area contributed by atoms with Crippen LogP contribution in [0.2, 0.25) is 0 Å². The van der Waals surface area contributed by atoms with Crippen LogP contribution in [0.1, 0.15) is 25.0 Å². The number of fused-ring (bicyclic) bond motifs is 5. The number of thioether (sulfide) groups is 2. The molecule has 406 valence electrons. The molecule has 0 spiro atoms. The molecule has 0 saturated heterocycles. The van der Waals surface area contributed by atoms with Crippen molar-refractivity contribution < 1.29 is 79.0 Å². The van der Waals surface area contributed by atoms with Crippen LogP contribution in [0.25, 0.3) is 48.7 Å². The standard InChI is InChI=1S/C48H58N6O17S4/c1-22-19-24-28-29-31-34(33-30(28)35(39(56)41(24)66-3)37-45(43(33)68-5)72-20-25(53-37)47(58)70-15-11-49-7-9-51-13-17-74(60,61)62)44(69-6)46-38(36(31)40(57)42(67-4)32(29)27(22)23(2)55)54-26(21-73-46)48(59)71-16-12-50-8-10-52-14-18-75(63,64)65/h25-26,49-52,56-57H,7-21H2,1-6H3,(H,60,61,62)(H,63,64,65). The number of carbonyl (C=O) groups is 3. The maximum absolute atomic E-state index is 14.0. The highest BCUT2D eigenvalue weighted by Gasteiger charge is 2.40. The molecule has 0 aromatic heterocycles. The van der Waals surface area contributed by atoms with Crippen LogP contribution in [0.15, 0.2) is 25.3 Å². The summed E-state index contributed by atoms with van der Waals surface area (Å²) in [6.45, 7) is 5.52. The first-order valence-corrected chi connectivity index (χ1v) is 28.9. The van der Waals surface area contributed by atoms with Crippen LogP contribution >= 0.6 is 23.5 Å². The maximum atomic E-state index is 14.0. The third-order valence-corrected chi connectivity index (χ3v) is 16.7. The molecule has 8 N–H and O–H groups in total. The third-order valence-electron chi connectivity index (χ3n) is 13.0. The fourth-order valence-electron chi connectivity index (χ4n) is 9.96. The molecule has 27 heteroatoms. The second-order valence-corrected chi connectivity index (χ2v) is 23.0. The summed E-state index contributed by atoms with van der Waals surface area (Å²) in [5.41, 5.74) is 1.59. The number of methoxy groups -OCH3 is 4. The van der Waals surface area contributed by atoms with Crippen LogP contribution in [0, 0.1) is 0 Å². The zero-order chi connectivity index (χ0) is 54.1. The Labute approximate surface area is 439 Å². The number of rotatable bonds is 25. The number of esters is 2. The number of hydrogen-bond acceptors (Lipinski definition) is 23. The van der Waals surface area contributed by atoms with E-state index >= 15 is 0 Å². The fourth-order valence-corrected chi connectivity index (χ4v) is 13.1. The van der Waals surface area contributed by atoms with Gasteiger partial charge in [-0.05, 0) is 25.7 Å². The summed E-state index contributed by atoms with van der Waals surface area (Å²) in [6.07, 6.45) is 0.0936. The van der Waals surface area contributed by atoms with E-state index in [2.05, 4.69) is 21.3 Å². The summed E-state index contributed by atoms with van der Waals surface area (Å²) in [5, 5.41) is 40.8. The molecule has 75 heavy (non-hydrogen) atoms. The number of phenolic OH excluding ortho intramolecular Hbond substituents is 2. The Hall–Kier alpha value is -5.49. The van der Waals surface area contributed by atoms with Crippen molar-refractivity contribution in [3.8, 4) is 34.5 Å². The van der Waals surface area contributed by atoms with Crippen LogP contribution in [0.3, 0.4) is 0 Å². The topological polar surface area (TPSA) is 329 Å². The zero-order valence-electron chi connectivity index (χ0n) is 41.9. The van der Waals surface area contributed by atoms with Crippen LogP contribution < -0.4 is 50.9 Å². The Morgan fingerprint density at radius 1 is 0.573 bits per heavy atom. The maximum Gasteiger partial charge on any atom is 0.331 e. The first-order valence-electron chi connectivity index (χ1n) is 23.7. The molecule has 0 fully saturated rings. The molecule has 8 rings (SSSR count). The van der Waals surface area contributed by atoms with Crippen LogP contribution in [0.4, 0.5) is 0 Å². The zero-order valence-corrected chi connectivity index (χ0v) is 45.2. The normalized spacial score (nSPS) is 16.4. The average molecular weight is 1120 g/mol. The lowest BCUT2D eigenvalue weighted by Gasteiger charge is -2.28. The highest BCUT2D eigenvalue weighted by Crippen LogP contribution is 2.60. The SMILES string of the molecule is COc1c(O)c2c3c(c(OC)c4c5c(OC)c6c(c7c(O)c(OC)c8c(c(c1CC(C)=C8C(C)=O)c24)c75)=NC(C(=O)OCCNCCNCCS(=O)(=O)O)CS6)SCC(C(=O)OCCNCCNCCS(=O)(=O)O)N=3. The van der Waals surface area contributed by atoms with Crippen molar-refractivity contribution in [2.24, 2.45) is 9.98 Å². The highest BCUT2D eigenvalue weighted by atomic mass is 32.2. The lowest BCUT2D eigenvalue weighted by molar-refractivity contribution is -0.145. The van der Waals surface area contributed by atoms with Gasteiger partial charge in [-0.1, -0.05) is 5.57 Å². The summed E-state index contributed by atoms with van der Waals surface area (Å²) < 4.78 is 97.9. The van der Waals surface area contributed by atoms with Crippen molar-refractivity contribution in [3.05, 3.63) is 27.4 Å². The van der Waals surface area contributed by atoms with Crippen molar-refractivity contribution in [2.45, 2.75) is 42.1 Å². The molecule has 2 unspecified atom stereocenters. The Kier molecular flexibility index (Phi) is 17.1. The van der Waals surface area contributed by atoms with Gasteiger partial charge in [-0.3, -0.25) is 23.9 Å². The molecule has 2 atom stereocenters. The number of Topliss-reactive ketones (excluding diaryl/α,β-unsaturated/α-hetero) is 1. The van der Waals surface area contributed by atoms with E-state index < -0.39 is 55.8 Å². The van der Waals surface area contributed by atoms with Gasteiger partial charge in [0.2, 0.25) is 0 Å². The number of allylic oxidation sites excluding steroid dienone is 2. The minimum atomic E-state index is -4.08. The quantitative estimate of drug-likeness (QED) is 0.0135. The van der Waals surface area contributed by atoms with E-state index in [0.717, 1.165) is 0 Å². The molecule has 2 heterocycles. The Bertz CT molecular complexity index is 3520. The van der Waals surface area contributed by atoms with Gasteiger partial charge in [0, 0.05) is 107 Å². The van der Waals surface area contributed by atoms with Crippen LogP contribution in [-0.4, -0.2) is 183 Å². The molecular formula is C48H58N6O17S4. The smallest absolute Gasteiger partial charge is 0.331 e. The van der Waals surface area contributed by atoms with Crippen molar-refractivity contribution >= 4 is 110 Å². The molecule has 0 amide bonds. The van der Waals surface area contributed by atoms with Gasteiger partial charge in [-0.15, -0.1) is 23.5 Å². The molecule has 2 aliphatic heterocycles. The average Bonchev–Trinajstić information content (AvgIpc) is 3.50. The summed E-state index contributed by atoms with van der Waals surface area (Å²) in [5.74, 6) is -2.16. The molecule has 0 radical (unpaired) electrons. The van der Waals surface area contributed by atoms with E-state index in [9.17, 15) is 41.4 Å². The molecular weight excluding hydrogens is 1060 g/mol. The molecule has 1 aliphatic carbocycles. The van der Waals surface area contributed by atoms with Crippen LogP contribution in [0.5, 0.6) is 34.5 Å². The number of benzene rings is 5. The van der Waals surface area contributed by atoms with Gasteiger partial charge in [-0.2, -0.15) is 16.8 Å². The van der Waals surface area contributed by atoms with Gasteiger partial charge in [0.15, 0.2) is 40.9 Å². The number of aromatic hydroxyl groups is 2. The predicted molar refractivity (Wildman–Crippen MR) is 282 cm³/mol. The van der Waals surface area contributed by atoms with Gasteiger partial charge >= 0.3 is 11.9 Å². The molecule has 0 saturated carbocycles. The van der Waals surface area contributed by atoms with Gasteiger partial charge < -0.3 is 59.9 Å². The number of carbonyl (C=O) groups excluding carboxylic acids is 3. The Morgan fingerprint density at radius 3 is 1.40 bits per heavy atom. The van der Waals surface area contributed by atoms with E-state index in [1.165, 1.54) is 58.9 Å². The summed E-state index contributed by atoms with van der Waals surface area (Å²) >= 11 is 2.53. The van der Waals surface area contributed by atoms with E-state index in [1.54, 1.807) is 6.92 Å². The minimum absolute atomic E-state index is 0.00851. The van der Waals surface area contributed by atoms with Gasteiger partial charge in [0.1, 0.15) is 24.7 Å². The Morgan fingerprint density at radius 2 is 0.987 bits per heavy atom. The number of hydrogen-bond donors (Lipinski definition) is 8. The number of phenols is 2. The molecule has 5 aromatic rings. The minimum Gasteiger partial charge on any atom is -0.504 e. The van der Waals surface area contributed by atoms with Crippen LogP contribution in [-0.2, 0) is 50.5 Å². The van der Waals surface area contributed by atoms with E-state index in [-0.39, 0.29) is 119 Å². The number of ether oxygens (including phenoxy) is 6. The highest BCUT2D eigenvalue weighted by molar-refractivity contribution is 7.99. The van der Waals surface area contributed by atoms with E-state index in [4.69, 9.17) is 47.5 Å². The molecule has 3 aliphatic rings. The number of ketones is 1. The van der Waals surface area contributed by atoms with Crippen molar-refractivity contribution in [3.63, 3.8) is 0 Å². The van der Waals surface area contributed by atoms with Gasteiger partial charge in [0.25, 0.3) is 20.2 Å². The number of nitrogens with zero attached hydrogens (tertiary/aromatic N) is 2. The first kappa shape index (κ1) is 55.7. The van der Waals surface area contributed by atoms with Crippen molar-refractivity contribution in [2.75, 3.05) is 117 Å². The third kappa shape index (κ3) is 10.9. The second kappa shape index (κ2) is 23.0. The van der Waals surface area contributed by atoms with E-state index in [0.29, 0.717) is 90.9 Å². The summed E-state index contributed by atoms with van der Waals surface area (Å²) in [6, 6.07) is -2.07. The summed E-state index contributed by atoms with van der Waals surface area (Å²) in [4.78, 5) is 52.5. The van der Waals surface area contributed by atoms with Crippen molar-refractivity contribution in [1.29, 1.82) is 0 Å². The largest absolute Gasteiger partial charge is 0.504 e. The monoisotopic (exact) mass is 1120 g/mol. The number of nitrogens with one attached hydrogen (secondary N) is 4. The second-order valence-electron chi connectivity index (χ2n) is 17.7. The van der Waals surface area contributed by atoms with E-state index in [1.807, 2.05) is 0 Å². The fraction of sp³-hybridized carbons (Fsp3) is 0.479. The van der Waals surface area contributed by atoms with Crippen molar-refractivity contribution in [1.82, 2.24) is 21.3 Å². The lowest BCUT2D eigenvalue weighted by Crippen LogP contribution is -2.34.